The standard InChI is InChI=1S/C22H41F3O5SSi2/c1-14-15-18(29-32(10,11)20(4,5)6)16(2)19(30-33(12,13)21(7,8)9)17(3)28-31(26,27)22(23,24)25/h1,16,18-19H,3,15H2,2,4-13H3/t16-,18+,19-/m0/s1. The number of hydrogen-bond acceptors (Lipinski definition) is 5. The monoisotopic (exact) mass is 530 g/mol. The number of rotatable bonds is 10. The number of halogens is 3. The molecule has 0 N–H and O–H groups in total. The van der Waals surface area contributed by atoms with Crippen molar-refractivity contribution in [3.63, 3.8) is 0 Å². The zero-order valence-corrected chi connectivity index (χ0v) is 24.6. The summed E-state index contributed by atoms with van der Waals surface area (Å²) >= 11 is 0. The minimum Gasteiger partial charge on any atom is -0.413 e. The zero-order chi connectivity index (χ0) is 26.8. The molecule has 0 aromatic carbocycles. The second-order valence-electron chi connectivity index (χ2n) is 11.4. The van der Waals surface area contributed by atoms with E-state index in [1.807, 2.05) is 47.0 Å². The average Bonchev–Trinajstić information content (AvgIpc) is 2.55. The van der Waals surface area contributed by atoms with Crippen molar-refractivity contribution in [2.24, 2.45) is 5.92 Å². The second kappa shape index (κ2) is 10.4. The molecule has 11 heteroatoms. The zero-order valence-electron chi connectivity index (χ0n) is 21.8. The molecule has 0 unspecified atom stereocenters. The first-order valence-corrected chi connectivity index (χ1v) is 18.0. The van der Waals surface area contributed by atoms with Gasteiger partial charge in [0.05, 0.1) is 6.10 Å². The molecule has 0 spiro atoms. The molecule has 0 aromatic rings. The third-order valence-corrected chi connectivity index (χ3v) is 16.6. The van der Waals surface area contributed by atoms with E-state index in [4.69, 9.17) is 15.3 Å². The Morgan fingerprint density at radius 3 is 1.70 bits per heavy atom. The van der Waals surface area contributed by atoms with Crippen molar-refractivity contribution in [2.45, 2.75) is 109 Å². The van der Waals surface area contributed by atoms with Crippen molar-refractivity contribution in [2.75, 3.05) is 0 Å². The number of terminal acetylenes is 1. The highest BCUT2D eigenvalue weighted by molar-refractivity contribution is 7.87. The van der Waals surface area contributed by atoms with Gasteiger partial charge in [-0.1, -0.05) is 55.0 Å². The molecule has 3 atom stereocenters. The molecule has 0 aliphatic rings. The molecule has 0 aliphatic carbocycles. The van der Waals surface area contributed by atoms with Gasteiger partial charge in [-0.2, -0.15) is 21.6 Å². The Labute approximate surface area is 200 Å². The third-order valence-electron chi connectivity index (χ3n) is 6.68. The Bertz CT molecular complexity index is 832. The van der Waals surface area contributed by atoms with Gasteiger partial charge in [0.2, 0.25) is 0 Å². The first-order chi connectivity index (χ1) is 14.3. The smallest absolute Gasteiger partial charge is 0.413 e. The van der Waals surface area contributed by atoms with E-state index in [0.29, 0.717) is 0 Å². The van der Waals surface area contributed by atoms with Crippen LogP contribution >= 0.6 is 0 Å². The van der Waals surface area contributed by atoms with Crippen LogP contribution in [0.25, 0.3) is 0 Å². The van der Waals surface area contributed by atoms with Gasteiger partial charge < -0.3 is 13.0 Å². The van der Waals surface area contributed by atoms with Crippen LogP contribution in [0.5, 0.6) is 0 Å². The van der Waals surface area contributed by atoms with Gasteiger partial charge in [-0.15, -0.1) is 12.3 Å². The fourth-order valence-corrected chi connectivity index (χ4v) is 5.61. The van der Waals surface area contributed by atoms with Gasteiger partial charge in [0, 0.05) is 12.3 Å². The topological polar surface area (TPSA) is 61.8 Å². The van der Waals surface area contributed by atoms with Gasteiger partial charge in [0.15, 0.2) is 16.6 Å². The normalized spacial score (nSPS) is 17.1. The van der Waals surface area contributed by atoms with E-state index in [2.05, 4.69) is 37.5 Å². The van der Waals surface area contributed by atoms with Gasteiger partial charge in [0.1, 0.15) is 11.9 Å². The summed E-state index contributed by atoms with van der Waals surface area (Å²) < 4.78 is 79.6. The third kappa shape index (κ3) is 8.42. The van der Waals surface area contributed by atoms with Crippen molar-refractivity contribution in [1.29, 1.82) is 0 Å². The molecular formula is C22H41F3O5SSi2. The minimum absolute atomic E-state index is 0.150. The SMILES string of the molecule is C#CC[C@@H](O[Si](C)(C)C(C)(C)C)[C@H](C)[C@H](O[Si](C)(C)C(C)(C)C)C(=C)OS(=O)(=O)C(F)(F)F. The Balaban J connectivity index is 6.38. The lowest BCUT2D eigenvalue weighted by molar-refractivity contribution is -0.0541. The molecule has 194 valence electrons. The van der Waals surface area contributed by atoms with Gasteiger partial charge in [-0.25, -0.2) is 0 Å². The lowest BCUT2D eigenvalue weighted by atomic mass is 9.95. The van der Waals surface area contributed by atoms with Crippen LogP contribution < -0.4 is 0 Å². The van der Waals surface area contributed by atoms with Crippen LogP contribution in [-0.4, -0.2) is 42.8 Å². The summed E-state index contributed by atoms with van der Waals surface area (Å²) in [4.78, 5) is 0. The van der Waals surface area contributed by atoms with Crippen LogP contribution in [0, 0.1) is 18.3 Å². The van der Waals surface area contributed by atoms with Gasteiger partial charge in [-0.3, -0.25) is 0 Å². The summed E-state index contributed by atoms with van der Waals surface area (Å²) in [6.07, 6.45) is 3.98. The maximum Gasteiger partial charge on any atom is 0.534 e. The fraction of sp³-hybridized carbons (Fsp3) is 0.818. The lowest BCUT2D eigenvalue weighted by Crippen LogP contribution is -2.51. The summed E-state index contributed by atoms with van der Waals surface area (Å²) in [7, 11) is -10.8. The highest BCUT2D eigenvalue weighted by Crippen LogP contribution is 2.42. The number of alkyl halides is 3. The first kappa shape index (κ1) is 32.2. The Kier molecular flexibility index (Phi) is 10.2. The molecular weight excluding hydrogens is 489 g/mol. The largest absolute Gasteiger partial charge is 0.534 e. The van der Waals surface area contributed by atoms with E-state index in [0.717, 1.165) is 0 Å². The maximum absolute atomic E-state index is 13.0. The van der Waals surface area contributed by atoms with Crippen LogP contribution in [0.15, 0.2) is 12.3 Å². The summed E-state index contributed by atoms with van der Waals surface area (Å²) in [5.74, 6) is 1.31. The van der Waals surface area contributed by atoms with E-state index < -0.39 is 56.1 Å². The van der Waals surface area contributed by atoms with E-state index in [1.54, 1.807) is 6.92 Å². The summed E-state index contributed by atoms with van der Waals surface area (Å²) in [6.45, 7) is 25.2. The van der Waals surface area contributed by atoms with E-state index in [-0.39, 0.29) is 16.5 Å². The molecule has 0 aliphatic heterocycles. The van der Waals surface area contributed by atoms with Crippen LogP contribution in [0.1, 0.15) is 54.9 Å². The molecule has 33 heavy (non-hydrogen) atoms. The van der Waals surface area contributed by atoms with E-state index in [9.17, 15) is 21.6 Å². The maximum atomic E-state index is 13.0. The Morgan fingerprint density at radius 1 is 0.970 bits per heavy atom. The molecule has 0 rings (SSSR count). The average molecular weight is 531 g/mol. The van der Waals surface area contributed by atoms with Gasteiger partial charge in [0.25, 0.3) is 0 Å². The van der Waals surface area contributed by atoms with Gasteiger partial charge >= 0.3 is 15.6 Å². The first-order valence-electron chi connectivity index (χ1n) is 10.8. The van der Waals surface area contributed by atoms with Crippen LogP contribution in [-0.2, 0) is 23.2 Å². The van der Waals surface area contributed by atoms with Crippen LogP contribution in [0.4, 0.5) is 13.2 Å². The van der Waals surface area contributed by atoms with Crippen molar-refractivity contribution in [1.82, 2.24) is 0 Å². The van der Waals surface area contributed by atoms with Crippen molar-refractivity contribution in [3.8, 4) is 12.3 Å². The summed E-state index contributed by atoms with van der Waals surface area (Å²) in [5.41, 5.74) is -5.59. The summed E-state index contributed by atoms with van der Waals surface area (Å²) in [6, 6.07) is 0. The van der Waals surface area contributed by atoms with Crippen molar-refractivity contribution >= 4 is 26.8 Å². The number of hydrogen-bond donors (Lipinski definition) is 0. The van der Waals surface area contributed by atoms with Gasteiger partial charge in [-0.05, 0) is 36.3 Å². The molecule has 0 radical (unpaired) electrons. The lowest BCUT2D eigenvalue weighted by Gasteiger charge is -2.45. The second-order valence-corrected chi connectivity index (χ2v) is 22.5. The molecule has 0 saturated carbocycles. The molecule has 5 nitrogen and oxygen atoms in total. The molecule has 0 fully saturated rings. The Morgan fingerprint density at radius 2 is 1.36 bits per heavy atom. The highest BCUT2D eigenvalue weighted by atomic mass is 32.2. The highest BCUT2D eigenvalue weighted by Gasteiger charge is 2.51. The van der Waals surface area contributed by atoms with Crippen LogP contribution in [0.3, 0.4) is 0 Å². The molecule has 0 aromatic heterocycles. The molecule has 0 heterocycles. The quantitative estimate of drug-likeness (QED) is 0.102. The van der Waals surface area contributed by atoms with E-state index >= 15 is 0 Å². The predicted octanol–water partition coefficient (Wildman–Crippen LogP) is 6.81. The molecule has 0 amide bonds. The molecule has 0 saturated heterocycles. The van der Waals surface area contributed by atoms with E-state index in [1.165, 1.54) is 0 Å². The van der Waals surface area contributed by atoms with Crippen LogP contribution in [0.2, 0.25) is 36.3 Å². The van der Waals surface area contributed by atoms with Crippen molar-refractivity contribution < 1.29 is 34.6 Å². The summed E-state index contributed by atoms with van der Waals surface area (Å²) in [5, 5.41) is -0.460. The fourth-order valence-electron chi connectivity index (χ4n) is 2.40. The Hall–Kier alpha value is -0.806. The minimum atomic E-state index is -5.90. The molecule has 0 bridgehead atoms. The predicted molar refractivity (Wildman–Crippen MR) is 132 cm³/mol. The van der Waals surface area contributed by atoms with Crippen molar-refractivity contribution in [3.05, 3.63) is 12.3 Å².